The summed E-state index contributed by atoms with van der Waals surface area (Å²) in [6.07, 6.45) is 6.65. The third-order valence-corrected chi connectivity index (χ3v) is 4.23. The highest BCUT2D eigenvalue weighted by Crippen LogP contribution is 2.23. The van der Waals surface area contributed by atoms with Crippen LogP contribution in [-0.2, 0) is 4.79 Å². The van der Waals surface area contributed by atoms with Gasteiger partial charge < -0.3 is 15.4 Å². The second-order valence-corrected chi connectivity index (χ2v) is 5.87. The van der Waals surface area contributed by atoms with Crippen molar-refractivity contribution in [1.82, 2.24) is 10.3 Å². The second-order valence-electron chi connectivity index (χ2n) is 5.87. The van der Waals surface area contributed by atoms with Gasteiger partial charge in [0.05, 0.1) is 5.92 Å². The summed E-state index contributed by atoms with van der Waals surface area (Å²) in [6, 6.07) is 1.13. The van der Waals surface area contributed by atoms with Gasteiger partial charge in [0.1, 0.15) is 5.69 Å². The van der Waals surface area contributed by atoms with Crippen molar-refractivity contribution in [3.63, 3.8) is 0 Å². The number of rotatable bonds is 4. The number of Topliss-reactive ketones (excluding diaryl/α,β-unsaturated/α-hetero) is 1. The lowest BCUT2D eigenvalue weighted by Crippen LogP contribution is -2.44. The fourth-order valence-electron chi connectivity index (χ4n) is 2.93. The van der Waals surface area contributed by atoms with E-state index in [0.717, 1.165) is 25.7 Å². The highest BCUT2D eigenvalue weighted by molar-refractivity contribution is 5.99. The molecule has 1 aromatic heterocycles. The number of ketones is 1. The van der Waals surface area contributed by atoms with Crippen LogP contribution in [0.4, 0.5) is 0 Å². The third kappa shape index (κ3) is 3.96. The molecule has 1 amide bonds. The van der Waals surface area contributed by atoms with Crippen molar-refractivity contribution in [2.45, 2.75) is 51.5 Å². The molecule has 0 spiro atoms. The lowest BCUT2D eigenvalue weighted by molar-refractivity contribution is -0.143. The van der Waals surface area contributed by atoms with Crippen LogP contribution in [0.15, 0.2) is 12.3 Å². The van der Waals surface area contributed by atoms with Crippen molar-refractivity contribution in [2.75, 3.05) is 0 Å². The number of aromatic nitrogens is 1. The molecule has 2 rings (SSSR count). The smallest absolute Gasteiger partial charge is 0.308 e. The topological polar surface area (TPSA) is 99.3 Å². The summed E-state index contributed by atoms with van der Waals surface area (Å²) in [5.74, 6) is -1.89. The van der Waals surface area contributed by atoms with Gasteiger partial charge in [-0.1, -0.05) is 25.7 Å². The van der Waals surface area contributed by atoms with Gasteiger partial charge >= 0.3 is 5.97 Å². The van der Waals surface area contributed by atoms with Crippen molar-refractivity contribution in [2.24, 2.45) is 5.92 Å². The van der Waals surface area contributed by atoms with Crippen LogP contribution in [-0.4, -0.2) is 33.8 Å². The summed E-state index contributed by atoms with van der Waals surface area (Å²) in [7, 11) is 0. The van der Waals surface area contributed by atoms with Gasteiger partial charge in [0.2, 0.25) is 0 Å². The lowest BCUT2D eigenvalue weighted by Gasteiger charge is -2.27. The standard InChI is InChI=1S/C16H22N2O4/c1-10(19)11-8-14(17-9-11)15(20)18-13-7-5-3-2-4-6-12(13)16(21)22/h8-9,12-13,17H,2-7H2,1H3,(H,18,20)(H,21,22). The number of carbonyl (C=O) groups is 3. The molecule has 0 aliphatic heterocycles. The van der Waals surface area contributed by atoms with Crippen molar-refractivity contribution in [1.29, 1.82) is 0 Å². The molecular weight excluding hydrogens is 284 g/mol. The van der Waals surface area contributed by atoms with Crippen LogP contribution >= 0.6 is 0 Å². The summed E-state index contributed by atoms with van der Waals surface area (Å²) < 4.78 is 0. The Balaban J connectivity index is 2.08. The van der Waals surface area contributed by atoms with Crippen molar-refractivity contribution in [3.05, 3.63) is 23.5 Å². The quantitative estimate of drug-likeness (QED) is 0.744. The molecule has 2 atom stereocenters. The van der Waals surface area contributed by atoms with E-state index in [-0.39, 0.29) is 23.4 Å². The Labute approximate surface area is 129 Å². The van der Waals surface area contributed by atoms with E-state index in [2.05, 4.69) is 10.3 Å². The molecule has 1 fully saturated rings. The Kier molecular flexibility index (Phi) is 5.35. The Bertz CT molecular complexity index is 564. The number of aromatic amines is 1. The maximum Gasteiger partial charge on any atom is 0.308 e. The van der Waals surface area contributed by atoms with Crippen LogP contribution in [0.1, 0.15) is 66.3 Å². The summed E-state index contributed by atoms with van der Waals surface area (Å²) in [6.45, 7) is 1.43. The maximum atomic E-state index is 12.3. The Morgan fingerprint density at radius 2 is 1.86 bits per heavy atom. The highest BCUT2D eigenvalue weighted by atomic mass is 16.4. The molecule has 22 heavy (non-hydrogen) atoms. The minimum atomic E-state index is -0.858. The number of hydrogen-bond donors (Lipinski definition) is 3. The molecule has 1 aromatic rings. The number of carboxylic acid groups (broad SMARTS) is 1. The van der Waals surface area contributed by atoms with Crippen LogP contribution in [0, 0.1) is 5.92 Å². The van der Waals surface area contributed by atoms with Gasteiger partial charge in [-0.05, 0) is 25.8 Å². The lowest BCUT2D eigenvalue weighted by atomic mass is 9.86. The number of amides is 1. The minimum absolute atomic E-state index is 0.121. The summed E-state index contributed by atoms with van der Waals surface area (Å²) in [5.41, 5.74) is 0.731. The third-order valence-electron chi connectivity index (χ3n) is 4.23. The van der Waals surface area contributed by atoms with E-state index < -0.39 is 11.9 Å². The zero-order valence-corrected chi connectivity index (χ0v) is 12.7. The summed E-state index contributed by atoms with van der Waals surface area (Å²) >= 11 is 0. The molecule has 120 valence electrons. The zero-order chi connectivity index (χ0) is 16.1. The monoisotopic (exact) mass is 306 g/mol. The van der Waals surface area contributed by atoms with Crippen LogP contribution in [0.25, 0.3) is 0 Å². The van der Waals surface area contributed by atoms with E-state index in [1.165, 1.54) is 19.2 Å². The van der Waals surface area contributed by atoms with E-state index in [0.29, 0.717) is 18.4 Å². The predicted molar refractivity (Wildman–Crippen MR) is 80.9 cm³/mol. The van der Waals surface area contributed by atoms with Crippen molar-refractivity contribution >= 4 is 17.7 Å². The Hall–Kier alpha value is -2.11. The van der Waals surface area contributed by atoms with Crippen LogP contribution in [0.3, 0.4) is 0 Å². The van der Waals surface area contributed by atoms with E-state index in [4.69, 9.17) is 0 Å². The minimum Gasteiger partial charge on any atom is -0.481 e. The van der Waals surface area contributed by atoms with Crippen LogP contribution < -0.4 is 5.32 Å². The first kappa shape index (κ1) is 16.3. The van der Waals surface area contributed by atoms with Crippen molar-refractivity contribution < 1.29 is 19.5 Å². The Morgan fingerprint density at radius 3 is 2.45 bits per heavy atom. The predicted octanol–water partition coefficient (Wildman–Crippen LogP) is 2.37. The van der Waals surface area contributed by atoms with Gasteiger partial charge in [-0.3, -0.25) is 14.4 Å². The average Bonchev–Trinajstić information content (AvgIpc) is 2.91. The molecule has 1 saturated carbocycles. The van der Waals surface area contributed by atoms with E-state index >= 15 is 0 Å². The molecule has 6 nitrogen and oxygen atoms in total. The molecule has 2 unspecified atom stereocenters. The molecule has 0 aromatic carbocycles. The maximum absolute atomic E-state index is 12.3. The van der Waals surface area contributed by atoms with Crippen LogP contribution in [0.2, 0.25) is 0 Å². The second kappa shape index (κ2) is 7.24. The van der Waals surface area contributed by atoms with Gasteiger partial charge in [0.15, 0.2) is 5.78 Å². The number of carbonyl (C=O) groups excluding carboxylic acids is 2. The SMILES string of the molecule is CC(=O)c1c[nH]c(C(=O)NC2CCCCCCC2C(=O)O)c1. The molecule has 6 heteroatoms. The normalized spacial score (nSPS) is 22.4. The van der Waals surface area contributed by atoms with E-state index in [1.807, 2.05) is 0 Å². The number of H-pyrrole nitrogens is 1. The first-order valence-corrected chi connectivity index (χ1v) is 7.72. The first-order valence-electron chi connectivity index (χ1n) is 7.72. The molecule has 0 saturated heterocycles. The zero-order valence-electron chi connectivity index (χ0n) is 12.7. The molecule has 0 bridgehead atoms. The van der Waals surface area contributed by atoms with Gasteiger partial charge in [-0.2, -0.15) is 0 Å². The summed E-state index contributed by atoms with van der Waals surface area (Å²) in [4.78, 5) is 37.7. The molecular formula is C16H22N2O4. The van der Waals surface area contributed by atoms with E-state index in [1.54, 1.807) is 0 Å². The average molecular weight is 306 g/mol. The number of aliphatic carboxylic acids is 1. The van der Waals surface area contributed by atoms with Crippen LogP contribution in [0.5, 0.6) is 0 Å². The van der Waals surface area contributed by atoms with Gasteiger partial charge in [0.25, 0.3) is 5.91 Å². The number of carboxylic acids is 1. The largest absolute Gasteiger partial charge is 0.481 e. The van der Waals surface area contributed by atoms with Crippen molar-refractivity contribution in [3.8, 4) is 0 Å². The number of hydrogen-bond acceptors (Lipinski definition) is 3. The van der Waals surface area contributed by atoms with Gasteiger partial charge in [-0.15, -0.1) is 0 Å². The number of nitrogens with one attached hydrogen (secondary N) is 2. The Morgan fingerprint density at radius 1 is 1.18 bits per heavy atom. The molecule has 1 aliphatic carbocycles. The summed E-state index contributed by atoms with van der Waals surface area (Å²) in [5, 5.41) is 12.2. The molecule has 1 aliphatic rings. The fraction of sp³-hybridized carbons (Fsp3) is 0.562. The van der Waals surface area contributed by atoms with Gasteiger partial charge in [-0.25, -0.2) is 0 Å². The highest BCUT2D eigenvalue weighted by Gasteiger charge is 2.30. The molecule has 1 heterocycles. The first-order chi connectivity index (χ1) is 10.5. The fourth-order valence-corrected chi connectivity index (χ4v) is 2.93. The van der Waals surface area contributed by atoms with Gasteiger partial charge in [0, 0.05) is 17.8 Å². The molecule has 3 N–H and O–H groups in total. The molecule has 0 radical (unpaired) electrons. The van der Waals surface area contributed by atoms with E-state index in [9.17, 15) is 19.5 Å².